The van der Waals surface area contributed by atoms with Gasteiger partial charge in [0.2, 0.25) is 0 Å². The molecule has 1 N–H and O–H groups in total. The number of nitrogens with zero attached hydrogens (tertiary/aromatic N) is 1. The normalized spacial score (nSPS) is 16.6. The second-order valence-corrected chi connectivity index (χ2v) is 5.23. The first-order chi connectivity index (χ1) is 8.70. The van der Waals surface area contributed by atoms with Gasteiger partial charge in [0.05, 0.1) is 7.11 Å². The van der Waals surface area contributed by atoms with Gasteiger partial charge in [-0.15, -0.1) is 0 Å². The van der Waals surface area contributed by atoms with E-state index in [2.05, 4.69) is 42.4 Å². The molecule has 18 heavy (non-hydrogen) atoms. The van der Waals surface area contributed by atoms with E-state index in [0.29, 0.717) is 0 Å². The smallest absolute Gasteiger partial charge is 0.121 e. The third-order valence-corrected chi connectivity index (χ3v) is 3.81. The Balaban J connectivity index is 1.99. The summed E-state index contributed by atoms with van der Waals surface area (Å²) in [6.45, 7) is 5.58. The molecule has 1 aliphatic rings. The van der Waals surface area contributed by atoms with Gasteiger partial charge in [-0.1, -0.05) is 0 Å². The van der Waals surface area contributed by atoms with Crippen LogP contribution in [0, 0.1) is 12.8 Å². The Morgan fingerprint density at radius 1 is 1.33 bits per heavy atom. The molecule has 0 bridgehead atoms. The van der Waals surface area contributed by atoms with E-state index < -0.39 is 0 Å². The summed E-state index contributed by atoms with van der Waals surface area (Å²) < 4.78 is 5.30. The van der Waals surface area contributed by atoms with Gasteiger partial charge in [-0.05, 0) is 62.5 Å². The molecule has 0 saturated carbocycles. The fraction of sp³-hybridized carbons (Fsp3) is 0.600. The van der Waals surface area contributed by atoms with Crippen LogP contribution < -0.4 is 15.0 Å². The molecule has 1 fully saturated rings. The van der Waals surface area contributed by atoms with Gasteiger partial charge in [0, 0.05) is 19.3 Å². The summed E-state index contributed by atoms with van der Waals surface area (Å²) in [4.78, 5) is 2.36. The van der Waals surface area contributed by atoms with Crippen LogP contribution in [-0.2, 0) is 0 Å². The molecule has 1 aliphatic heterocycles. The Kier molecular flexibility index (Phi) is 4.48. The van der Waals surface area contributed by atoms with Crippen LogP contribution >= 0.6 is 0 Å². The Morgan fingerprint density at radius 2 is 2.06 bits per heavy atom. The molecule has 0 amide bonds. The summed E-state index contributed by atoms with van der Waals surface area (Å²) in [6.07, 6.45) is 2.58. The van der Waals surface area contributed by atoms with Crippen LogP contribution in [-0.4, -0.2) is 33.8 Å². The molecule has 1 aromatic rings. The predicted molar refractivity (Wildman–Crippen MR) is 76.6 cm³/mol. The maximum absolute atomic E-state index is 5.30. The topological polar surface area (TPSA) is 24.5 Å². The number of hydrogen-bond acceptors (Lipinski definition) is 3. The highest BCUT2D eigenvalue weighted by Crippen LogP contribution is 2.25. The molecule has 0 radical (unpaired) electrons. The molecule has 3 heteroatoms. The standard InChI is InChI=1S/C15H24N2O/c1-12-10-14(4-5-15(12)18-3)17(2)11-13-6-8-16-9-7-13/h4-5,10,13,16H,6-9,11H2,1-3H3. The highest BCUT2D eigenvalue weighted by molar-refractivity contribution is 5.52. The van der Waals surface area contributed by atoms with E-state index in [0.717, 1.165) is 18.2 Å². The molecular formula is C15H24N2O. The maximum atomic E-state index is 5.30. The molecule has 1 heterocycles. The van der Waals surface area contributed by atoms with E-state index in [9.17, 15) is 0 Å². The number of benzene rings is 1. The number of aryl methyl sites for hydroxylation is 1. The zero-order valence-electron chi connectivity index (χ0n) is 11.7. The highest BCUT2D eigenvalue weighted by Gasteiger charge is 2.15. The van der Waals surface area contributed by atoms with Crippen LogP contribution in [0.25, 0.3) is 0 Å². The van der Waals surface area contributed by atoms with Crippen molar-refractivity contribution < 1.29 is 4.74 Å². The summed E-state index contributed by atoms with van der Waals surface area (Å²) in [7, 11) is 3.91. The lowest BCUT2D eigenvalue weighted by Gasteiger charge is -2.29. The number of anilines is 1. The SMILES string of the molecule is COc1ccc(N(C)CC2CCNCC2)cc1C. The number of piperidine rings is 1. The molecule has 1 saturated heterocycles. The van der Waals surface area contributed by atoms with E-state index in [1.165, 1.54) is 37.2 Å². The quantitative estimate of drug-likeness (QED) is 0.885. The summed E-state index contributed by atoms with van der Waals surface area (Å²) in [5.74, 6) is 1.78. The molecular weight excluding hydrogens is 224 g/mol. The Bertz CT molecular complexity index is 386. The van der Waals surface area contributed by atoms with E-state index in [-0.39, 0.29) is 0 Å². The molecule has 2 rings (SSSR count). The van der Waals surface area contributed by atoms with Crippen molar-refractivity contribution in [1.82, 2.24) is 5.32 Å². The first-order valence-corrected chi connectivity index (χ1v) is 6.77. The Hall–Kier alpha value is -1.22. The lowest BCUT2D eigenvalue weighted by atomic mass is 9.97. The summed E-state index contributed by atoms with van der Waals surface area (Å²) in [5, 5.41) is 3.42. The van der Waals surface area contributed by atoms with Crippen LogP contribution in [0.15, 0.2) is 18.2 Å². The molecule has 0 spiro atoms. The third kappa shape index (κ3) is 3.16. The van der Waals surface area contributed by atoms with Crippen LogP contribution in [0.4, 0.5) is 5.69 Å². The Labute approximate surface area is 110 Å². The van der Waals surface area contributed by atoms with E-state index in [4.69, 9.17) is 4.74 Å². The van der Waals surface area contributed by atoms with Crippen molar-refractivity contribution in [2.45, 2.75) is 19.8 Å². The van der Waals surface area contributed by atoms with E-state index in [1.54, 1.807) is 7.11 Å². The average molecular weight is 248 g/mol. The fourth-order valence-corrected chi connectivity index (χ4v) is 2.66. The first kappa shape index (κ1) is 13.2. The minimum absolute atomic E-state index is 0.818. The van der Waals surface area contributed by atoms with Crippen molar-refractivity contribution in [3.63, 3.8) is 0 Å². The Morgan fingerprint density at radius 3 is 2.67 bits per heavy atom. The van der Waals surface area contributed by atoms with Crippen molar-refractivity contribution in [2.75, 3.05) is 38.7 Å². The molecule has 0 unspecified atom stereocenters. The lowest BCUT2D eigenvalue weighted by Crippen LogP contribution is -2.34. The van der Waals surface area contributed by atoms with Gasteiger partial charge in [0.15, 0.2) is 0 Å². The molecule has 3 nitrogen and oxygen atoms in total. The second kappa shape index (κ2) is 6.10. The third-order valence-electron chi connectivity index (χ3n) is 3.81. The van der Waals surface area contributed by atoms with Crippen molar-refractivity contribution in [3.8, 4) is 5.75 Å². The van der Waals surface area contributed by atoms with Crippen molar-refractivity contribution in [1.29, 1.82) is 0 Å². The van der Waals surface area contributed by atoms with Gasteiger partial charge < -0.3 is 15.0 Å². The van der Waals surface area contributed by atoms with E-state index in [1.807, 2.05) is 0 Å². The second-order valence-electron chi connectivity index (χ2n) is 5.23. The fourth-order valence-electron chi connectivity index (χ4n) is 2.66. The molecule has 0 atom stereocenters. The zero-order valence-corrected chi connectivity index (χ0v) is 11.7. The van der Waals surface area contributed by atoms with Crippen LogP contribution in [0.5, 0.6) is 5.75 Å². The predicted octanol–water partition coefficient (Wildman–Crippen LogP) is 2.44. The monoisotopic (exact) mass is 248 g/mol. The van der Waals surface area contributed by atoms with E-state index >= 15 is 0 Å². The molecule has 100 valence electrons. The molecule has 0 aromatic heterocycles. The van der Waals surface area contributed by atoms with Crippen molar-refractivity contribution in [3.05, 3.63) is 23.8 Å². The van der Waals surface area contributed by atoms with Crippen molar-refractivity contribution >= 4 is 5.69 Å². The summed E-state index contributed by atoms with van der Waals surface area (Å²) >= 11 is 0. The number of nitrogens with one attached hydrogen (secondary N) is 1. The zero-order chi connectivity index (χ0) is 13.0. The van der Waals surface area contributed by atoms with Crippen LogP contribution in [0.2, 0.25) is 0 Å². The van der Waals surface area contributed by atoms with Crippen molar-refractivity contribution in [2.24, 2.45) is 5.92 Å². The maximum Gasteiger partial charge on any atom is 0.121 e. The average Bonchev–Trinajstić information content (AvgIpc) is 2.39. The highest BCUT2D eigenvalue weighted by atomic mass is 16.5. The lowest BCUT2D eigenvalue weighted by molar-refractivity contribution is 0.378. The van der Waals surface area contributed by atoms with Gasteiger partial charge in [-0.25, -0.2) is 0 Å². The minimum Gasteiger partial charge on any atom is -0.496 e. The first-order valence-electron chi connectivity index (χ1n) is 6.77. The largest absolute Gasteiger partial charge is 0.496 e. The van der Waals surface area contributed by atoms with Crippen LogP contribution in [0.3, 0.4) is 0 Å². The van der Waals surface area contributed by atoms with Gasteiger partial charge in [0.1, 0.15) is 5.75 Å². The number of hydrogen-bond donors (Lipinski definition) is 1. The van der Waals surface area contributed by atoms with Gasteiger partial charge in [-0.2, -0.15) is 0 Å². The summed E-state index contributed by atoms with van der Waals surface area (Å²) in [5.41, 5.74) is 2.49. The number of methoxy groups -OCH3 is 1. The van der Waals surface area contributed by atoms with Crippen LogP contribution in [0.1, 0.15) is 18.4 Å². The molecule has 0 aliphatic carbocycles. The summed E-state index contributed by atoms with van der Waals surface area (Å²) in [6, 6.07) is 6.41. The minimum atomic E-state index is 0.818. The molecule has 1 aromatic carbocycles. The number of rotatable bonds is 4. The van der Waals surface area contributed by atoms with Gasteiger partial charge in [-0.3, -0.25) is 0 Å². The van der Waals surface area contributed by atoms with Gasteiger partial charge >= 0.3 is 0 Å². The number of ether oxygens (including phenoxy) is 1. The van der Waals surface area contributed by atoms with Gasteiger partial charge in [0.25, 0.3) is 0 Å².